The second-order valence-electron chi connectivity index (χ2n) is 9.90. The van der Waals surface area contributed by atoms with Crippen LogP contribution in [-0.2, 0) is 0 Å². The predicted molar refractivity (Wildman–Crippen MR) is 150 cm³/mol. The van der Waals surface area contributed by atoms with Gasteiger partial charge in [-0.1, -0.05) is 81.4 Å². The molecular weight excluding hydrogens is 456 g/mol. The number of rotatable bonds is 7. The Labute approximate surface area is 218 Å². The first-order valence-electron chi connectivity index (χ1n) is 12.8. The Hall–Kier alpha value is -4.25. The van der Waals surface area contributed by atoms with Gasteiger partial charge in [-0.3, -0.25) is 4.79 Å². The number of hydrogen-bond acceptors (Lipinski definition) is 3. The van der Waals surface area contributed by atoms with Gasteiger partial charge in [0.2, 0.25) is 0 Å². The van der Waals surface area contributed by atoms with Crippen LogP contribution in [0.5, 0.6) is 0 Å². The van der Waals surface area contributed by atoms with Crippen molar-refractivity contribution in [1.29, 1.82) is 0 Å². The van der Waals surface area contributed by atoms with Gasteiger partial charge in [0.15, 0.2) is 0 Å². The van der Waals surface area contributed by atoms with Crippen molar-refractivity contribution >= 4 is 16.8 Å². The molecule has 186 valence electrons. The van der Waals surface area contributed by atoms with Crippen LogP contribution in [0.15, 0.2) is 91.1 Å². The number of carbonyl (C=O) groups is 1. The van der Waals surface area contributed by atoms with Gasteiger partial charge in [0, 0.05) is 17.5 Å². The summed E-state index contributed by atoms with van der Waals surface area (Å²) in [7, 11) is 0. The third-order valence-electron chi connectivity index (χ3n) is 6.99. The molecule has 5 nitrogen and oxygen atoms in total. The molecule has 0 aliphatic rings. The van der Waals surface area contributed by atoms with Crippen LogP contribution >= 0.6 is 0 Å². The van der Waals surface area contributed by atoms with Gasteiger partial charge in [-0.2, -0.15) is 5.10 Å². The van der Waals surface area contributed by atoms with Crippen molar-refractivity contribution in [2.75, 3.05) is 6.54 Å². The topological polar surface area (TPSA) is 59.8 Å². The number of para-hydroxylation sites is 1. The molecule has 1 unspecified atom stereocenters. The van der Waals surface area contributed by atoms with E-state index in [1.165, 1.54) is 11.1 Å². The van der Waals surface area contributed by atoms with Gasteiger partial charge in [-0.15, -0.1) is 0 Å². The number of amides is 1. The number of fused-ring (bicyclic) bond motifs is 1. The summed E-state index contributed by atoms with van der Waals surface area (Å²) in [5.74, 6) is 0.586. The van der Waals surface area contributed by atoms with Crippen molar-refractivity contribution in [2.45, 2.75) is 39.5 Å². The maximum Gasteiger partial charge on any atom is 0.252 e. The van der Waals surface area contributed by atoms with Crippen molar-refractivity contribution in [2.24, 2.45) is 0 Å². The highest BCUT2D eigenvalue weighted by atomic mass is 16.1. The lowest BCUT2D eigenvalue weighted by molar-refractivity contribution is 0.0953. The maximum absolute atomic E-state index is 13.4. The molecular formula is C32H32N4O. The summed E-state index contributed by atoms with van der Waals surface area (Å²) in [5, 5.41) is 8.64. The van der Waals surface area contributed by atoms with Crippen LogP contribution in [0.2, 0.25) is 0 Å². The number of aromatic nitrogens is 3. The molecule has 0 saturated carbocycles. The van der Waals surface area contributed by atoms with Crippen LogP contribution in [0, 0.1) is 6.92 Å². The van der Waals surface area contributed by atoms with Crippen LogP contribution in [0.3, 0.4) is 0 Å². The molecule has 1 N–H and O–H groups in total. The molecule has 37 heavy (non-hydrogen) atoms. The summed E-state index contributed by atoms with van der Waals surface area (Å²) >= 11 is 0. The highest BCUT2D eigenvalue weighted by Crippen LogP contribution is 2.29. The molecule has 0 spiro atoms. The van der Waals surface area contributed by atoms with E-state index in [2.05, 4.69) is 67.6 Å². The Morgan fingerprint density at radius 1 is 0.892 bits per heavy atom. The molecule has 2 aromatic heterocycles. The molecule has 5 heteroatoms. The van der Waals surface area contributed by atoms with Crippen molar-refractivity contribution in [3.8, 4) is 16.9 Å². The highest BCUT2D eigenvalue weighted by Gasteiger charge is 2.18. The number of carbonyl (C=O) groups excluding carboxylic acids is 1. The molecule has 3 aromatic carbocycles. The minimum Gasteiger partial charge on any atom is -0.351 e. The lowest BCUT2D eigenvalue weighted by atomic mass is 10.0. The molecule has 0 bridgehead atoms. The van der Waals surface area contributed by atoms with Crippen LogP contribution < -0.4 is 5.32 Å². The van der Waals surface area contributed by atoms with Gasteiger partial charge in [0.05, 0.1) is 34.4 Å². The Morgan fingerprint density at radius 3 is 2.32 bits per heavy atom. The van der Waals surface area contributed by atoms with E-state index in [9.17, 15) is 4.79 Å². The summed E-state index contributed by atoms with van der Waals surface area (Å²) in [4.78, 5) is 18.3. The van der Waals surface area contributed by atoms with Gasteiger partial charge < -0.3 is 5.32 Å². The zero-order valence-electron chi connectivity index (χ0n) is 21.8. The molecule has 1 amide bonds. The second-order valence-corrected chi connectivity index (χ2v) is 9.90. The number of nitrogens with zero attached hydrogens (tertiary/aromatic N) is 3. The fourth-order valence-corrected chi connectivity index (χ4v) is 4.66. The average Bonchev–Trinajstić information content (AvgIpc) is 3.32. The molecule has 2 heterocycles. The first-order chi connectivity index (χ1) is 17.9. The quantitative estimate of drug-likeness (QED) is 0.267. The fraction of sp³-hybridized carbons (Fsp3) is 0.219. The van der Waals surface area contributed by atoms with Crippen molar-refractivity contribution in [1.82, 2.24) is 20.1 Å². The third-order valence-corrected chi connectivity index (χ3v) is 6.99. The zero-order valence-corrected chi connectivity index (χ0v) is 21.8. The van der Waals surface area contributed by atoms with E-state index in [1.807, 2.05) is 66.3 Å². The van der Waals surface area contributed by atoms with E-state index < -0.39 is 0 Å². The standard InChI is InChI=1S/C32H32N4O/c1-21(2)24-14-16-26(17-15-24)36-23(4)29(20-34-36)31-18-28(27-12-8-9-13-30(27)35-31)32(37)33-19-22(3)25-10-6-5-7-11-25/h5-18,20-22H,19H2,1-4H3,(H,33,37). The first kappa shape index (κ1) is 24.4. The van der Waals surface area contributed by atoms with E-state index in [0.717, 1.165) is 33.5 Å². The maximum atomic E-state index is 13.4. The van der Waals surface area contributed by atoms with Crippen LogP contribution in [0.1, 0.15) is 59.8 Å². The van der Waals surface area contributed by atoms with Crippen LogP contribution in [-0.4, -0.2) is 27.2 Å². The van der Waals surface area contributed by atoms with Crippen LogP contribution in [0.25, 0.3) is 27.8 Å². The Balaban J connectivity index is 1.47. The Bertz CT molecular complexity index is 1530. The first-order valence-corrected chi connectivity index (χ1v) is 12.8. The third kappa shape index (κ3) is 5.03. The molecule has 0 aliphatic carbocycles. The summed E-state index contributed by atoms with van der Waals surface area (Å²) in [6.45, 7) is 9.09. The number of nitrogens with one attached hydrogen (secondary N) is 1. The van der Waals surface area contributed by atoms with E-state index in [-0.39, 0.29) is 11.8 Å². The fourth-order valence-electron chi connectivity index (χ4n) is 4.66. The van der Waals surface area contributed by atoms with E-state index in [1.54, 1.807) is 0 Å². The van der Waals surface area contributed by atoms with E-state index in [0.29, 0.717) is 18.0 Å². The summed E-state index contributed by atoms with van der Waals surface area (Å²) in [5.41, 5.74) is 7.53. The number of pyridine rings is 1. The molecule has 5 aromatic rings. The Kier molecular flexibility index (Phi) is 6.87. The smallest absolute Gasteiger partial charge is 0.252 e. The normalized spacial score (nSPS) is 12.1. The van der Waals surface area contributed by atoms with Gasteiger partial charge in [-0.25, -0.2) is 9.67 Å². The molecule has 5 rings (SSSR count). The largest absolute Gasteiger partial charge is 0.351 e. The number of benzene rings is 3. The SMILES string of the molecule is Cc1c(-c2cc(C(=O)NCC(C)c3ccccc3)c3ccccc3n2)cnn1-c1ccc(C(C)C)cc1. The van der Waals surface area contributed by atoms with Gasteiger partial charge >= 0.3 is 0 Å². The molecule has 0 saturated heterocycles. The molecule has 0 radical (unpaired) electrons. The second kappa shape index (κ2) is 10.4. The van der Waals surface area contributed by atoms with Gasteiger partial charge in [0.1, 0.15) is 0 Å². The number of hydrogen-bond donors (Lipinski definition) is 1. The van der Waals surface area contributed by atoms with Gasteiger partial charge in [0.25, 0.3) is 5.91 Å². The van der Waals surface area contributed by atoms with E-state index in [4.69, 9.17) is 4.98 Å². The zero-order chi connectivity index (χ0) is 25.9. The lowest BCUT2D eigenvalue weighted by Crippen LogP contribution is -2.27. The Morgan fingerprint density at radius 2 is 1.59 bits per heavy atom. The predicted octanol–water partition coefficient (Wildman–Crippen LogP) is 7.05. The monoisotopic (exact) mass is 488 g/mol. The lowest BCUT2D eigenvalue weighted by Gasteiger charge is -2.15. The minimum atomic E-state index is -0.100. The highest BCUT2D eigenvalue weighted by molar-refractivity contribution is 6.07. The molecule has 0 fully saturated rings. The summed E-state index contributed by atoms with van der Waals surface area (Å²) in [6, 6.07) is 28.4. The van der Waals surface area contributed by atoms with Crippen molar-refractivity contribution in [3.05, 3.63) is 114 Å². The van der Waals surface area contributed by atoms with Crippen LogP contribution in [0.4, 0.5) is 0 Å². The van der Waals surface area contributed by atoms with Crippen molar-refractivity contribution in [3.63, 3.8) is 0 Å². The molecule has 1 atom stereocenters. The average molecular weight is 489 g/mol. The van der Waals surface area contributed by atoms with E-state index >= 15 is 0 Å². The summed E-state index contributed by atoms with van der Waals surface area (Å²) < 4.78 is 1.93. The minimum absolute atomic E-state index is 0.100. The summed E-state index contributed by atoms with van der Waals surface area (Å²) in [6.07, 6.45) is 1.84. The molecule has 0 aliphatic heterocycles. The van der Waals surface area contributed by atoms with Crippen molar-refractivity contribution < 1.29 is 4.79 Å². The van der Waals surface area contributed by atoms with Gasteiger partial charge in [-0.05, 0) is 54.2 Å².